The van der Waals surface area contributed by atoms with Gasteiger partial charge in [-0.2, -0.15) is 0 Å². The van der Waals surface area contributed by atoms with Crippen molar-refractivity contribution in [1.29, 1.82) is 0 Å². The van der Waals surface area contributed by atoms with Crippen LogP contribution in [0.3, 0.4) is 0 Å². The summed E-state index contributed by atoms with van der Waals surface area (Å²) in [6.07, 6.45) is -0.146. The fraction of sp³-hybridized carbons (Fsp3) is 0.259. The number of carbonyl (C=O) groups is 1. The van der Waals surface area contributed by atoms with Gasteiger partial charge in [0.1, 0.15) is 16.9 Å². The summed E-state index contributed by atoms with van der Waals surface area (Å²) < 4.78 is 1.98. The molecule has 1 N–H and O–H groups in total. The smallest absolute Gasteiger partial charge is 0.306 e. The zero-order valence-electron chi connectivity index (χ0n) is 20.2. The normalized spacial score (nSPS) is 14.6. The first-order valence-electron chi connectivity index (χ1n) is 11.5. The van der Waals surface area contributed by atoms with Crippen molar-refractivity contribution in [1.82, 2.24) is 14.8 Å². The minimum atomic E-state index is -0.915. The number of rotatable bonds is 6. The van der Waals surface area contributed by atoms with Gasteiger partial charge in [-0.05, 0) is 44.0 Å². The average molecular weight is 486 g/mol. The van der Waals surface area contributed by atoms with Crippen molar-refractivity contribution in [2.45, 2.75) is 39.8 Å². The molecule has 0 saturated carbocycles. The Labute approximate surface area is 208 Å². The second-order valence-electron chi connectivity index (χ2n) is 8.88. The van der Waals surface area contributed by atoms with E-state index in [-0.39, 0.29) is 6.42 Å². The van der Waals surface area contributed by atoms with E-state index in [0.29, 0.717) is 5.82 Å². The number of anilines is 1. The van der Waals surface area contributed by atoms with Crippen molar-refractivity contribution in [3.8, 4) is 5.00 Å². The van der Waals surface area contributed by atoms with Crippen molar-refractivity contribution in [2.75, 3.05) is 11.9 Å². The van der Waals surface area contributed by atoms with Crippen LogP contribution < -0.4 is 4.90 Å². The molecule has 2 aromatic carbocycles. The van der Waals surface area contributed by atoms with Gasteiger partial charge in [-0.25, -0.2) is 0 Å². The number of carboxylic acid groups (broad SMARTS) is 1. The van der Waals surface area contributed by atoms with E-state index in [9.17, 15) is 9.90 Å². The summed E-state index contributed by atoms with van der Waals surface area (Å²) in [5.41, 5.74) is 6.27. The van der Waals surface area contributed by atoms with Crippen molar-refractivity contribution >= 4 is 28.7 Å². The SMILES string of the molecule is Cc1sc2c(c1C)C(c1ccc(N(C)Cc3ccccc3)cc1)=N[C@@H](CC(=O)O)c1nnc(C)n1-2. The van der Waals surface area contributed by atoms with Crippen molar-refractivity contribution in [3.05, 3.63) is 93.4 Å². The van der Waals surface area contributed by atoms with Crippen LogP contribution in [0.1, 0.15) is 51.2 Å². The third kappa shape index (κ3) is 4.25. The molecule has 1 atom stereocenters. The molecule has 8 heteroatoms. The summed E-state index contributed by atoms with van der Waals surface area (Å²) in [4.78, 5) is 20.1. The number of aliphatic carboxylic acids is 1. The summed E-state index contributed by atoms with van der Waals surface area (Å²) in [6, 6.07) is 18.1. The Morgan fingerprint density at radius 3 is 2.46 bits per heavy atom. The molecule has 5 rings (SSSR count). The van der Waals surface area contributed by atoms with Crippen LogP contribution in [0.5, 0.6) is 0 Å². The van der Waals surface area contributed by atoms with Gasteiger partial charge < -0.3 is 10.0 Å². The molecule has 0 fully saturated rings. The molecule has 178 valence electrons. The highest BCUT2D eigenvalue weighted by atomic mass is 32.1. The van der Waals surface area contributed by atoms with Crippen LogP contribution in [-0.2, 0) is 11.3 Å². The first kappa shape index (κ1) is 23.0. The van der Waals surface area contributed by atoms with Crippen molar-refractivity contribution < 1.29 is 9.90 Å². The van der Waals surface area contributed by atoms with E-state index in [2.05, 4.69) is 84.5 Å². The van der Waals surface area contributed by atoms with Gasteiger partial charge in [0.25, 0.3) is 0 Å². The van der Waals surface area contributed by atoms with Crippen LogP contribution in [-0.4, -0.2) is 38.6 Å². The molecule has 0 amide bonds. The molecule has 0 saturated heterocycles. The molecule has 0 bridgehead atoms. The van der Waals surface area contributed by atoms with Gasteiger partial charge in [0.2, 0.25) is 0 Å². The number of thiophene rings is 1. The molecule has 1 aliphatic rings. The predicted molar refractivity (Wildman–Crippen MR) is 139 cm³/mol. The fourth-order valence-electron chi connectivity index (χ4n) is 4.51. The Morgan fingerprint density at radius 2 is 1.77 bits per heavy atom. The second kappa shape index (κ2) is 9.11. The molecule has 0 aliphatic carbocycles. The highest BCUT2D eigenvalue weighted by molar-refractivity contribution is 7.15. The van der Waals surface area contributed by atoms with Gasteiger partial charge in [-0.3, -0.25) is 14.4 Å². The molecule has 0 radical (unpaired) electrons. The lowest BCUT2D eigenvalue weighted by Crippen LogP contribution is -2.16. The van der Waals surface area contributed by atoms with Crippen LogP contribution in [0.2, 0.25) is 0 Å². The predicted octanol–water partition coefficient (Wildman–Crippen LogP) is 5.26. The lowest BCUT2D eigenvalue weighted by molar-refractivity contribution is -0.137. The monoisotopic (exact) mass is 485 g/mol. The molecular formula is C27H27N5O2S. The lowest BCUT2D eigenvalue weighted by atomic mass is 9.99. The number of nitrogens with zero attached hydrogens (tertiary/aromatic N) is 5. The molecule has 35 heavy (non-hydrogen) atoms. The molecule has 3 heterocycles. The van der Waals surface area contributed by atoms with Gasteiger partial charge in [-0.15, -0.1) is 21.5 Å². The zero-order valence-corrected chi connectivity index (χ0v) is 21.0. The summed E-state index contributed by atoms with van der Waals surface area (Å²) in [5, 5.41) is 19.2. The highest BCUT2D eigenvalue weighted by Crippen LogP contribution is 2.39. The average Bonchev–Trinajstić information content (AvgIpc) is 3.32. The largest absolute Gasteiger partial charge is 0.481 e. The Balaban J connectivity index is 1.57. The summed E-state index contributed by atoms with van der Waals surface area (Å²) in [7, 11) is 2.08. The van der Waals surface area contributed by atoms with Gasteiger partial charge in [0.15, 0.2) is 5.82 Å². The van der Waals surface area contributed by atoms with Crippen LogP contribution >= 0.6 is 11.3 Å². The maximum atomic E-state index is 11.7. The summed E-state index contributed by atoms with van der Waals surface area (Å²) in [5.74, 6) is 0.384. The molecular weight excluding hydrogens is 458 g/mol. The van der Waals surface area contributed by atoms with E-state index >= 15 is 0 Å². The van der Waals surface area contributed by atoms with E-state index < -0.39 is 12.0 Å². The Bertz CT molecular complexity index is 1420. The van der Waals surface area contributed by atoms with Crippen molar-refractivity contribution in [3.63, 3.8) is 0 Å². The van der Waals surface area contributed by atoms with E-state index in [1.54, 1.807) is 11.3 Å². The third-order valence-corrected chi connectivity index (χ3v) is 7.64. The third-order valence-electron chi connectivity index (χ3n) is 6.45. The Morgan fingerprint density at radius 1 is 1.06 bits per heavy atom. The van der Waals surface area contributed by atoms with Crippen LogP contribution in [0.15, 0.2) is 59.6 Å². The standard InChI is InChI=1S/C27H27N5O2S/c1-16-17(2)35-27-24(16)25(28-22(14-23(33)34)26-30-29-18(3)32(26)27)20-10-12-21(13-11-20)31(4)15-19-8-6-5-7-9-19/h5-13,22H,14-15H2,1-4H3,(H,33,34)/t22-/m0/s1. The number of aromatic nitrogens is 3. The minimum absolute atomic E-state index is 0.146. The quantitative estimate of drug-likeness (QED) is 0.403. The molecule has 1 aliphatic heterocycles. The summed E-state index contributed by atoms with van der Waals surface area (Å²) in [6.45, 7) is 6.90. The number of aliphatic imine (C=N–C) groups is 1. The molecule has 4 aromatic rings. The van der Waals surface area contributed by atoms with E-state index in [4.69, 9.17) is 4.99 Å². The van der Waals surface area contributed by atoms with E-state index in [0.717, 1.165) is 45.5 Å². The maximum Gasteiger partial charge on any atom is 0.306 e. The number of benzene rings is 2. The van der Waals surface area contributed by atoms with Gasteiger partial charge >= 0.3 is 5.97 Å². The van der Waals surface area contributed by atoms with Crippen LogP contribution in [0.4, 0.5) is 5.69 Å². The number of fused-ring (bicyclic) bond motifs is 3. The number of hydrogen-bond donors (Lipinski definition) is 1. The number of carboxylic acids is 1. The lowest BCUT2D eigenvalue weighted by Gasteiger charge is -2.20. The number of hydrogen-bond acceptors (Lipinski definition) is 6. The van der Waals surface area contributed by atoms with Crippen molar-refractivity contribution in [2.24, 2.45) is 4.99 Å². The Hall–Kier alpha value is -3.78. The molecule has 2 aromatic heterocycles. The van der Waals surface area contributed by atoms with E-state index in [1.807, 2.05) is 17.6 Å². The van der Waals surface area contributed by atoms with Crippen LogP contribution in [0, 0.1) is 20.8 Å². The van der Waals surface area contributed by atoms with E-state index in [1.165, 1.54) is 10.4 Å². The Kier molecular flexibility index (Phi) is 5.98. The zero-order chi connectivity index (χ0) is 24.7. The second-order valence-corrected chi connectivity index (χ2v) is 10.1. The molecule has 0 unspecified atom stereocenters. The van der Waals surface area contributed by atoms with Gasteiger partial charge in [0.05, 0.1) is 12.1 Å². The first-order chi connectivity index (χ1) is 16.8. The van der Waals surface area contributed by atoms with Gasteiger partial charge in [-0.1, -0.05) is 42.5 Å². The fourth-order valence-corrected chi connectivity index (χ4v) is 5.73. The number of aryl methyl sites for hydroxylation is 2. The highest BCUT2D eigenvalue weighted by Gasteiger charge is 2.32. The first-order valence-corrected chi connectivity index (χ1v) is 12.3. The summed E-state index contributed by atoms with van der Waals surface area (Å²) >= 11 is 1.67. The minimum Gasteiger partial charge on any atom is -0.481 e. The topological polar surface area (TPSA) is 83.6 Å². The molecule has 7 nitrogen and oxygen atoms in total. The van der Waals surface area contributed by atoms with Gasteiger partial charge in [0, 0.05) is 35.3 Å². The maximum absolute atomic E-state index is 11.7. The van der Waals surface area contributed by atoms with Crippen LogP contribution in [0.25, 0.3) is 5.00 Å². The molecule has 0 spiro atoms.